The molecular weight excluding hydrogens is 825 g/mol. The third-order valence-electron chi connectivity index (χ3n) is 14.0. The number of Topliss-reactive ketones (excluding diaryl/α,β-unsaturated/α-hetero) is 1. The molecule has 0 fully saturated rings. The van der Waals surface area contributed by atoms with Crippen LogP contribution in [0, 0.1) is 13.8 Å². The Morgan fingerprint density at radius 1 is 0.500 bits per heavy atom. The summed E-state index contributed by atoms with van der Waals surface area (Å²) in [5.74, 6) is -4.16. The molecule has 1 unspecified atom stereocenters. The third kappa shape index (κ3) is 10.8. The second-order valence-corrected chi connectivity index (χ2v) is 20.7. The number of aryl methyl sites for hydroxylation is 2. The molecule has 1 atom stereocenters. The normalized spacial score (nSPS) is 16.6. The molecule has 4 aromatic rings. The molecule has 0 saturated heterocycles. The maximum atomic E-state index is 13.5. The van der Waals surface area contributed by atoms with Crippen LogP contribution in [0.25, 0.3) is 5.57 Å². The molecule has 0 aliphatic heterocycles. The summed E-state index contributed by atoms with van der Waals surface area (Å²) >= 11 is 0. The lowest BCUT2D eigenvalue weighted by atomic mass is 9.62. The van der Waals surface area contributed by atoms with Crippen LogP contribution in [0.4, 0.5) is 0 Å². The van der Waals surface area contributed by atoms with Gasteiger partial charge < -0.3 is 14.2 Å². The lowest BCUT2D eigenvalue weighted by molar-refractivity contribution is -0.157. The minimum atomic E-state index is -1.17. The van der Waals surface area contributed by atoms with Crippen LogP contribution in [0.1, 0.15) is 192 Å². The van der Waals surface area contributed by atoms with E-state index in [9.17, 15) is 24.0 Å². The summed E-state index contributed by atoms with van der Waals surface area (Å²) in [5.41, 5.74) is 13.3. The fourth-order valence-corrected chi connectivity index (χ4v) is 9.61. The minimum Gasteiger partial charge on any atom is -0.465 e. The fourth-order valence-electron chi connectivity index (χ4n) is 9.61. The van der Waals surface area contributed by atoms with Gasteiger partial charge >= 0.3 is 17.9 Å². The van der Waals surface area contributed by atoms with Crippen molar-refractivity contribution in [2.75, 3.05) is 19.8 Å². The SMILES string of the molecule is C=C(c1ccc(C(C(C)=O)C(=O)OCC)cc1)c1cc2c(cc1C)C(C)(C)CCC2(C)C.CCOC(=O)C(C(=O)OCC)c1ccc(C(=O)c2cc3c(cc2C)C(C)(C)CCC3(C)C)cc1. The van der Waals surface area contributed by atoms with Crippen molar-refractivity contribution in [3.63, 3.8) is 0 Å². The van der Waals surface area contributed by atoms with Gasteiger partial charge in [-0.15, -0.1) is 0 Å². The number of benzene rings is 4. The van der Waals surface area contributed by atoms with Gasteiger partial charge in [0.1, 0.15) is 11.7 Å². The smallest absolute Gasteiger partial charge is 0.324 e. The fraction of sp³-hybridized carbons (Fsp3) is 0.466. The van der Waals surface area contributed by atoms with Gasteiger partial charge in [0.2, 0.25) is 0 Å². The van der Waals surface area contributed by atoms with Gasteiger partial charge in [-0.05, 0) is 156 Å². The standard InChI is InChI=1S/C29H36O5.C29H36O3/c1-8-33-26(31)24(27(32)34-9-2)19-10-12-20(13-11-19)25(30)21-17-23-22(16-18(21)3)28(4,5)14-15-29(23,6)7;1-9-32-27(31)26(20(4)30)22-12-10-21(11-13-22)19(3)23-17-25-24(16-18(23)2)28(5,6)14-15-29(25,7)8/h10-13,16-17,24H,8-9,14-15H2,1-7H3;10-13,16-17,26H,3,9,14-15H2,1-2,4-8H3. The van der Waals surface area contributed by atoms with Crippen molar-refractivity contribution in [1.29, 1.82) is 0 Å². The van der Waals surface area contributed by atoms with Crippen molar-refractivity contribution < 1.29 is 38.2 Å². The molecular formula is C58H72O8. The van der Waals surface area contributed by atoms with Crippen LogP contribution in [-0.2, 0) is 55.0 Å². The molecule has 0 radical (unpaired) electrons. The monoisotopic (exact) mass is 897 g/mol. The number of ketones is 2. The molecule has 6 rings (SSSR count). The van der Waals surface area contributed by atoms with E-state index < -0.39 is 29.7 Å². The van der Waals surface area contributed by atoms with Crippen molar-refractivity contribution in [3.8, 4) is 0 Å². The Hall–Kier alpha value is -5.63. The second-order valence-electron chi connectivity index (χ2n) is 20.7. The predicted octanol–water partition coefficient (Wildman–Crippen LogP) is 12.4. The Labute approximate surface area is 393 Å². The molecule has 0 heterocycles. The molecule has 0 saturated carbocycles. The molecule has 2 aliphatic rings. The summed E-state index contributed by atoms with van der Waals surface area (Å²) in [6, 6.07) is 23.1. The van der Waals surface area contributed by atoms with Gasteiger partial charge in [-0.3, -0.25) is 24.0 Å². The van der Waals surface area contributed by atoms with Gasteiger partial charge in [0.05, 0.1) is 19.8 Å². The van der Waals surface area contributed by atoms with E-state index in [0.717, 1.165) is 41.5 Å². The summed E-state index contributed by atoms with van der Waals surface area (Å²) in [6.07, 6.45) is 4.54. The quantitative estimate of drug-likeness (QED) is 0.0564. The number of fused-ring (bicyclic) bond motifs is 2. The number of carbonyl (C=O) groups is 5. The van der Waals surface area contributed by atoms with E-state index in [0.29, 0.717) is 22.3 Å². The van der Waals surface area contributed by atoms with Crippen LogP contribution in [0.5, 0.6) is 0 Å². The molecule has 66 heavy (non-hydrogen) atoms. The molecule has 0 bridgehead atoms. The van der Waals surface area contributed by atoms with Crippen molar-refractivity contribution >= 4 is 35.0 Å². The Morgan fingerprint density at radius 3 is 1.20 bits per heavy atom. The van der Waals surface area contributed by atoms with Crippen molar-refractivity contribution in [1.82, 2.24) is 0 Å². The summed E-state index contributed by atoms with van der Waals surface area (Å²) < 4.78 is 15.2. The van der Waals surface area contributed by atoms with E-state index in [1.807, 2.05) is 31.2 Å². The predicted molar refractivity (Wildman–Crippen MR) is 263 cm³/mol. The molecule has 0 aromatic heterocycles. The molecule has 8 nitrogen and oxygen atoms in total. The van der Waals surface area contributed by atoms with Gasteiger partial charge in [-0.1, -0.05) is 129 Å². The van der Waals surface area contributed by atoms with Crippen LogP contribution >= 0.6 is 0 Å². The molecule has 0 spiro atoms. The van der Waals surface area contributed by atoms with E-state index in [4.69, 9.17) is 14.2 Å². The highest BCUT2D eigenvalue weighted by molar-refractivity contribution is 6.10. The van der Waals surface area contributed by atoms with Crippen molar-refractivity contribution in [2.24, 2.45) is 0 Å². The number of carbonyl (C=O) groups excluding carboxylic acids is 5. The Kier molecular flexibility index (Phi) is 15.6. The molecule has 0 amide bonds. The van der Waals surface area contributed by atoms with E-state index in [2.05, 4.69) is 93.2 Å². The summed E-state index contributed by atoms with van der Waals surface area (Å²) in [7, 11) is 0. The Balaban J connectivity index is 0.000000248. The summed E-state index contributed by atoms with van der Waals surface area (Å²) in [4.78, 5) is 62.6. The highest BCUT2D eigenvalue weighted by Gasteiger charge is 2.39. The first kappa shape index (κ1) is 51.4. The van der Waals surface area contributed by atoms with Gasteiger partial charge in [0, 0.05) is 11.1 Å². The molecule has 4 aromatic carbocycles. The highest BCUT2D eigenvalue weighted by Crippen LogP contribution is 2.48. The van der Waals surface area contributed by atoms with E-state index in [1.54, 1.807) is 45.0 Å². The first-order valence-corrected chi connectivity index (χ1v) is 23.6. The number of rotatable bonds is 13. The maximum absolute atomic E-state index is 13.5. The maximum Gasteiger partial charge on any atom is 0.324 e. The molecule has 2 aliphatic carbocycles. The Bertz CT molecular complexity index is 2480. The molecule has 8 heteroatoms. The zero-order valence-corrected chi connectivity index (χ0v) is 42.0. The van der Waals surface area contributed by atoms with Gasteiger partial charge in [0.15, 0.2) is 11.7 Å². The van der Waals surface area contributed by atoms with Crippen molar-refractivity contribution in [3.05, 3.63) is 146 Å². The number of hydrogen-bond donors (Lipinski definition) is 0. The second kappa shape index (κ2) is 20.1. The molecule has 0 N–H and O–H groups in total. The minimum absolute atomic E-state index is 0.00391. The van der Waals surface area contributed by atoms with E-state index >= 15 is 0 Å². The van der Waals surface area contributed by atoms with Crippen LogP contribution in [0.3, 0.4) is 0 Å². The zero-order chi connectivity index (χ0) is 49.1. The largest absolute Gasteiger partial charge is 0.465 e. The van der Waals surface area contributed by atoms with E-state index in [-0.39, 0.29) is 53.0 Å². The average Bonchev–Trinajstić information content (AvgIpc) is 3.24. The Morgan fingerprint density at radius 2 is 0.818 bits per heavy atom. The summed E-state index contributed by atoms with van der Waals surface area (Å²) in [5, 5.41) is 0. The van der Waals surface area contributed by atoms with Crippen LogP contribution < -0.4 is 0 Å². The lowest BCUT2D eigenvalue weighted by Crippen LogP contribution is -2.34. The topological polar surface area (TPSA) is 113 Å². The number of esters is 3. The summed E-state index contributed by atoms with van der Waals surface area (Å²) in [6.45, 7) is 34.0. The van der Waals surface area contributed by atoms with Crippen LogP contribution in [0.15, 0.2) is 79.4 Å². The number of hydrogen-bond acceptors (Lipinski definition) is 8. The van der Waals surface area contributed by atoms with Crippen molar-refractivity contribution in [2.45, 2.75) is 156 Å². The van der Waals surface area contributed by atoms with Crippen LogP contribution in [0.2, 0.25) is 0 Å². The molecule has 352 valence electrons. The first-order valence-electron chi connectivity index (χ1n) is 23.6. The number of ether oxygens (including phenoxy) is 3. The van der Waals surface area contributed by atoms with Gasteiger partial charge in [-0.25, -0.2) is 0 Å². The first-order chi connectivity index (χ1) is 30.8. The third-order valence-corrected chi connectivity index (χ3v) is 14.0. The average molecular weight is 897 g/mol. The zero-order valence-electron chi connectivity index (χ0n) is 42.0. The lowest BCUT2D eigenvalue weighted by Gasteiger charge is -2.42. The van der Waals surface area contributed by atoms with E-state index in [1.165, 1.54) is 41.2 Å². The van der Waals surface area contributed by atoms with Gasteiger partial charge in [0.25, 0.3) is 0 Å². The van der Waals surface area contributed by atoms with Gasteiger partial charge in [-0.2, -0.15) is 0 Å². The van der Waals surface area contributed by atoms with Crippen LogP contribution in [-0.4, -0.2) is 49.3 Å². The highest BCUT2D eigenvalue weighted by atomic mass is 16.6.